The van der Waals surface area contributed by atoms with Gasteiger partial charge in [-0.15, -0.1) is 5.10 Å². The number of aromatic nitrogens is 2. The summed E-state index contributed by atoms with van der Waals surface area (Å²) in [5, 5.41) is 7.93. The summed E-state index contributed by atoms with van der Waals surface area (Å²) in [7, 11) is 0. The summed E-state index contributed by atoms with van der Waals surface area (Å²) in [6, 6.07) is 0.575. The van der Waals surface area contributed by atoms with Crippen molar-refractivity contribution in [1.29, 1.82) is 0 Å². The van der Waals surface area contributed by atoms with Crippen molar-refractivity contribution in [3.05, 3.63) is 5.89 Å². The van der Waals surface area contributed by atoms with Crippen molar-refractivity contribution in [3.8, 4) is 0 Å². The zero-order valence-corrected chi connectivity index (χ0v) is 11.4. The molecule has 1 aromatic heterocycles. The number of hydrogen-bond acceptors (Lipinski definition) is 6. The molecule has 2 fully saturated rings. The van der Waals surface area contributed by atoms with Gasteiger partial charge in [0.25, 0.3) is 0 Å². The van der Waals surface area contributed by atoms with E-state index in [1.807, 2.05) is 6.92 Å². The molecule has 0 bridgehead atoms. The van der Waals surface area contributed by atoms with E-state index in [1.165, 1.54) is 0 Å². The van der Waals surface area contributed by atoms with Crippen molar-refractivity contribution in [1.82, 2.24) is 10.2 Å². The van der Waals surface area contributed by atoms with E-state index in [4.69, 9.17) is 9.15 Å². The first-order valence-electron chi connectivity index (χ1n) is 6.86. The van der Waals surface area contributed by atoms with E-state index < -0.39 is 0 Å². The molecule has 2 aliphatic rings. The number of piperidine rings is 1. The lowest BCUT2D eigenvalue weighted by atomic mass is 9.82. The molecule has 3 rings (SSSR count). The van der Waals surface area contributed by atoms with Crippen LogP contribution >= 0.6 is 0 Å². The van der Waals surface area contributed by atoms with Gasteiger partial charge in [0, 0.05) is 25.4 Å². The third-order valence-corrected chi connectivity index (χ3v) is 4.18. The van der Waals surface area contributed by atoms with Crippen LogP contribution in [0.15, 0.2) is 4.42 Å². The average Bonchev–Trinajstić information content (AvgIpc) is 3.00. The molecule has 1 aromatic rings. The second-order valence-corrected chi connectivity index (χ2v) is 5.48. The molecule has 6 nitrogen and oxygen atoms in total. The van der Waals surface area contributed by atoms with E-state index in [9.17, 15) is 4.79 Å². The van der Waals surface area contributed by atoms with E-state index in [2.05, 4.69) is 15.1 Å². The predicted octanol–water partition coefficient (Wildman–Crippen LogP) is 1.55. The van der Waals surface area contributed by atoms with Crippen molar-refractivity contribution in [2.45, 2.75) is 33.1 Å². The van der Waals surface area contributed by atoms with Gasteiger partial charge in [-0.2, -0.15) is 0 Å². The Morgan fingerprint density at radius 3 is 2.89 bits per heavy atom. The fourth-order valence-electron chi connectivity index (χ4n) is 3.02. The maximum absolute atomic E-state index is 12.0. The summed E-state index contributed by atoms with van der Waals surface area (Å²) in [6.45, 7) is 5.69. The zero-order chi connectivity index (χ0) is 13.5. The van der Waals surface area contributed by atoms with Crippen LogP contribution in [0.3, 0.4) is 0 Å². The number of aryl methyl sites for hydroxylation is 1. The van der Waals surface area contributed by atoms with E-state index in [0.717, 1.165) is 32.4 Å². The molecular formula is C13H19N3O3. The molecule has 1 saturated heterocycles. The number of carbonyl (C=O) groups is 1. The first kappa shape index (κ1) is 12.4. The van der Waals surface area contributed by atoms with Gasteiger partial charge in [-0.05, 0) is 26.2 Å². The molecule has 104 valence electrons. The van der Waals surface area contributed by atoms with Crippen molar-refractivity contribution >= 4 is 12.0 Å². The summed E-state index contributed by atoms with van der Waals surface area (Å²) in [5.74, 6) is 0.571. The van der Waals surface area contributed by atoms with Crippen LogP contribution in [-0.4, -0.2) is 35.9 Å². The SMILES string of the molecule is CCOC(=O)C1CCN(c2nnc(C)o2)CC12CC2. The van der Waals surface area contributed by atoms with E-state index in [0.29, 0.717) is 18.5 Å². The summed E-state index contributed by atoms with van der Waals surface area (Å²) in [4.78, 5) is 14.1. The van der Waals surface area contributed by atoms with Crippen molar-refractivity contribution in [2.75, 3.05) is 24.6 Å². The first-order valence-corrected chi connectivity index (χ1v) is 6.86. The first-order chi connectivity index (χ1) is 9.14. The second kappa shape index (κ2) is 4.51. The molecule has 1 aliphatic heterocycles. The molecule has 1 aliphatic carbocycles. The second-order valence-electron chi connectivity index (χ2n) is 5.48. The third-order valence-electron chi connectivity index (χ3n) is 4.18. The molecule has 1 saturated carbocycles. The molecule has 1 unspecified atom stereocenters. The van der Waals surface area contributed by atoms with Gasteiger partial charge in [0.2, 0.25) is 5.89 Å². The van der Waals surface area contributed by atoms with Gasteiger partial charge in [-0.25, -0.2) is 0 Å². The van der Waals surface area contributed by atoms with Gasteiger partial charge in [0.15, 0.2) is 0 Å². The van der Waals surface area contributed by atoms with E-state index in [-0.39, 0.29) is 17.3 Å². The van der Waals surface area contributed by atoms with Gasteiger partial charge in [-0.1, -0.05) is 5.10 Å². The minimum absolute atomic E-state index is 0.0349. The maximum Gasteiger partial charge on any atom is 0.318 e. The maximum atomic E-state index is 12.0. The van der Waals surface area contributed by atoms with Crippen LogP contribution in [0.4, 0.5) is 6.01 Å². The van der Waals surface area contributed by atoms with Crippen LogP contribution in [0.1, 0.15) is 32.1 Å². The highest BCUT2D eigenvalue weighted by atomic mass is 16.5. The molecular weight excluding hydrogens is 246 g/mol. The Morgan fingerprint density at radius 2 is 2.32 bits per heavy atom. The molecule has 6 heteroatoms. The molecule has 1 spiro atoms. The van der Waals surface area contributed by atoms with Gasteiger partial charge in [0.1, 0.15) is 0 Å². The fraction of sp³-hybridized carbons (Fsp3) is 0.769. The number of hydrogen-bond donors (Lipinski definition) is 0. The van der Waals surface area contributed by atoms with Crippen LogP contribution < -0.4 is 4.90 Å². The van der Waals surface area contributed by atoms with Crippen molar-refractivity contribution < 1.29 is 13.9 Å². The lowest BCUT2D eigenvalue weighted by Crippen LogP contribution is -2.45. The summed E-state index contributed by atoms with van der Waals surface area (Å²) in [6.07, 6.45) is 2.97. The third kappa shape index (κ3) is 2.19. The topological polar surface area (TPSA) is 68.5 Å². The van der Waals surface area contributed by atoms with Crippen LogP contribution in [0.2, 0.25) is 0 Å². The van der Waals surface area contributed by atoms with Gasteiger partial charge in [0.05, 0.1) is 12.5 Å². The predicted molar refractivity (Wildman–Crippen MR) is 67.7 cm³/mol. The minimum Gasteiger partial charge on any atom is -0.466 e. The van der Waals surface area contributed by atoms with Crippen molar-refractivity contribution in [2.24, 2.45) is 11.3 Å². The Labute approximate surface area is 112 Å². The summed E-state index contributed by atoms with van der Waals surface area (Å²) < 4.78 is 10.7. The highest BCUT2D eigenvalue weighted by Gasteiger charge is 2.56. The van der Waals surface area contributed by atoms with Crippen molar-refractivity contribution in [3.63, 3.8) is 0 Å². The Morgan fingerprint density at radius 1 is 1.53 bits per heavy atom. The van der Waals surface area contributed by atoms with Crippen LogP contribution in [0, 0.1) is 18.3 Å². The Kier molecular flexibility index (Phi) is 2.95. The summed E-state index contributed by atoms with van der Waals surface area (Å²) in [5.41, 5.74) is 0.0763. The average molecular weight is 265 g/mol. The standard InChI is InChI=1S/C13H19N3O3/c1-3-18-11(17)10-4-7-16(8-13(10)5-6-13)12-15-14-9(2)19-12/h10H,3-8H2,1-2H3. The van der Waals surface area contributed by atoms with Gasteiger partial charge >= 0.3 is 12.0 Å². The van der Waals surface area contributed by atoms with Crippen LogP contribution in [0.25, 0.3) is 0 Å². The van der Waals surface area contributed by atoms with Crippen LogP contribution in [0.5, 0.6) is 0 Å². The van der Waals surface area contributed by atoms with Gasteiger partial charge < -0.3 is 14.1 Å². The minimum atomic E-state index is -0.0404. The Bertz CT molecular complexity index is 481. The number of rotatable bonds is 3. The quantitative estimate of drug-likeness (QED) is 0.772. The Hall–Kier alpha value is -1.59. The summed E-state index contributed by atoms with van der Waals surface area (Å²) >= 11 is 0. The number of ether oxygens (including phenoxy) is 1. The largest absolute Gasteiger partial charge is 0.466 e. The monoisotopic (exact) mass is 265 g/mol. The van der Waals surface area contributed by atoms with E-state index >= 15 is 0 Å². The molecule has 1 atom stereocenters. The molecule has 0 radical (unpaired) electrons. The normalized spacial score (nSPS) is 24.5. The molecule has 19 heavy (non-hydrogen) atoms. The highest BCUT2D eigenvalue weighted by Crippen LogP contribution is 2.56. The van der Waals surface area contributed by atoms with E-state index in [1.54, 1.807) is 6.92 Å². The molecule has 2 heterocycles. The molecule has 0 aromatic carbocycles. The Balaban J connectivity index is 1.72. The fourth-order valence-corrected chi connectivity index (χ4v) is 3.02. The number of esters is 1. The van der Waals surface area contributed by atoms with Crippen LogP contribution in [-0.2, 0) is 9.53 Å². The lowest BCUT2D eigenvalue weighted by Gasteiger charge is -2.36. The number of anilines is 1. The highest BCUT2D eigenvalue weighted by molar-refractivity contribution is 5.74. The zero-order valence-electron chi connectivity index (χ0n) is 11.4. The lowest BCUT2D eigenvalue weighted by molar-refractivity contribution is -0.151. The molecule has 0 amide bonds. The number of carbonyl (C=O) groups excluding carboxylic acids is 1. The molecule has 0 N–H and O–H groups in total. The van der Waals surface area contributed by atoms with Gasteiger partial charge in [-0.3, -0.25) is 4.79 Å². The number of nitrogens with zero attached hydrogens (tertiary/aromatic N) is 3. The smallest absolute Gasteiger partial charge is 0.318 e.